The first kappa shape index (κ1) is 27.7. The summed E-state index contributed by atoms with van der Waals surface area (Å²) >= 11 is 1.51. The minimum Gasteiger partial charge on any atom is -0.335 e. The van der Waals surface area contributed by atoms with Gasteiger partial charge in [-0.25, -0.2) is 14.5 Å². The summed E-state index contributed by atoms with van der Waals surface area (Å²) in [7, 11) is 0. The van der Waals surface area contributed by atoms with Gasteiger partial charge in [0.15, 0.2) is 0 Å². The van der Waals surface area contributed by atoms with E-state index in [1.165, 1.54) is 16.9 Å². The topological polar surface area (TPSA) is 83.4 Å². The number of urea groups is 1. The van der Waals surface area contributed by atoms with E-state index in [0.29, 0.717) is 25.2 Å². The summed E-state index contributed by atoms with van der Waals surface area (Å²) in [6.07, 6.45) is 1.66. The third kappa shape index (κ3) is 5.27. The van der Waals surface area contributed by atoms with Crippen LogP contribution in [0, 0.1) is 6.92 Å². The summed E-state index contributed by atoms with van der Waals surface area (Å²) in [6, 6.07) is 21.9. The number of rotatable bonds is 5. The molecule has 42 heavy (non-hydrogen) atoms. The van der Waals surface area contributed by atoms with Gasteiger partial charge in [-0.3, -0.25) is 4.79 Å². The van der Waals surface area contributed by atoms with E-state index in [9.17, 15) is 9.59 Å². The van der Waals surface area contributed by atoms with Crippen molar-refractivity contribution in [1.82, 2.24) is 24.6 Å². The van der Waals surface area contributed by atoms with E-state index in [1.807, 2.05) is 59.7 Å². The SMILES string of the molecule is Cc1ccc(-c2csc(-n3ncc(C(=O)N4CCN(C(=O)Nc5cccc6ccccc56)C(C)C4)c3C(C)C)n2)cc1. The maximum atomic E-state index is 13.8. The van der Waals surface area contributed by atoms with Crippen LogP contribution in [0.15, 0.2) is 78.3 Å². The number of piperazine rings is 1. The smallest absolute Gasteiger partial charge is 0.322 e. The highest BCUT2D eigenvalue weighted by molar-refractivity contribution is 7.12. The Labute approximate surface area is 249 Å². The van der Waals surface area contributed by atoms with Crippen molar-refractivity contribution in [2.75, 3.05) is 25.0 Å². The Morgan fingerprint density at radius 2 is 1.76 bits per heavy atom. The number of carbonyl (C=O) groups is 2. The number of carbonyl (C=O) groups excluding carboxylic acids is 2. The Bertz CT molecular complexity index is 1750. The predicted octanol–water partition coefficient (Wildman–Crippen LogP) is 6.96. The standard InChI is InChI=1S/C33H34N6O2S/c1-21(2)30-27(18-34-39(30)33-36-29(20-42-33)25-14-12-22(3)13-15-25)31(40)37-16-17-38(23(4)19-37)32(41)35-28-11-7-9-24-8-5-6-10-26(24)28/h5-15,18,20-21,23H,16-17,19H2,1-4H3,(H,35,41). The van der Waals surface area contributed by atoms with Crippen LogP contribution in [-0.2, 0) is 0 Å². The molecule has 3 heterocycles. The number of nitrogens with one attached hydrogen (secondary N) is 1. The molecule has 9 heteroatoms. The average molecular weight is 579 g/mol. The average Bonchev–Trinajstić information content (AvgIpc) is 3.65. The van der Waals surface area contributed by atoms with Crippen LogP contribution < -0.4 is 5.32 Å². The van der Waals surface area contributed by atoms with Gasteiger partial charge in [-0.2, -0.15) is 5.10 Å². The lowest BCUT2D eigenvalue weighted by atomic mass is 10.0. The molecule has 1 aliphatic heterocycles. The summed E-state index contributed by atoms with van der Waals surface area (Å²) in [5.74, 6) is -0.00964. The van der Waals surface area contributed by atoms with Crippen molar-refractivity contribution in [2.45, 2.75) is 39.7 Å². The molecule has 3 amide bonds. The minimum absolute atomic E-state index is 0.0587. The molecule has 1 saturated heterocycles. The van der Waals surface area contributed by atoms with Crippen LogP contribution in [-0.4, -0.2) is 62.2 Å². The predicted molar refractivity (Wildman–Crippen MR) is 169 cm³/mol. The summed E-state index contributed by atoms with van der Waals surface area (Å²) in [6.45, 7) is 9.52. The van der Waals surface area contributed by atoms with Crippen LogP contribution >= 0.6 is 11.3 Å². The van der Waals surface area contributed by atoms with E-state index in [1.54, 1.807) is 15.8 Å². The Balaban J connectivity index is 1.17. The van der Waals surface area contributed by atoms with Gasteiger partial charge in [0, 0.05) is 42.0 Å². The van der Waals surface area contributed by atoms with Gasteiger partial charge in [-0.1, -0.05) is 80.1 Å². The molecule has 0 spiro atoms. The van der Waals surface area contributed by atoms with Gasteiger partial charge in [0.1, 0.15) is 0 Å². The Morgan fingerprint density at radius 1 is 1.00 bits per heavy atom. The van der Waals surface area contributed by atoms with E-state index in [2.05, 4.69) is 55.5 Å². The largest absolute Gasteiger partial charge is 0.335 e. The Kier molecular flexibility index (Phi) is 7.51. The van der Waals surface area contributed by atoms with Crippen molar-refractivity contribution >= 4 is 39.7 Å². The molecule has 8 nitrogen and oxygen atoms in total. The van der Waals surface area contributed by atoms with Crippen molar-refractivity contribution in [3.8, 4) is 16.4 Å². The Morgan fingerprint density at radius 3 is 2.52 bits per heavy atom. The highest BCUT2D eigenvalue weighted by Gasteiger charge is 2.33. The number of nitrogens with zero attached hydrogens (tertiary/aromatic N) is 5. The molecule has 0 radical (unpaired) electrons. The third-order valence-electron chi connectivity index (χ3n) is 7.81. The van der Waals surface area contributed by atoms with Gasteiger partial charge in [0.25, 0.3) is 5.91 Å². The molecule has 1 N–H and O–H groups in total. The zero-order chi connectivity index (χ0) is 29.4. The zero-order valence-electron chi connectivity index (χ0n) is 24.2. The molecule has 1 aliphatic rings. The maximum Gasteiger partial charge on any atom is 0.322 e. The normalized spacial score (nSPS) is 15.4. The van der Waals surface area contributed by atoms with Gasteiger partial charge in [-0.05, 0) is 31.2 Å². The molecule has 5 aromatic rings. The number of thiazole rings is 1. The molecule has 0 bridgehead atoms. The van der Waals surface area contributed by atoms with Crippen LogP contribution in [0.25, 0.3) is 27.2 Å². The molecule has 214 valence electrons. The molecule has 0 saturated carbocycles. The Hall–Kier alpha value is -4.50. The molecule has 6 rings (SSSR count). The number of hydrogen-bond donors (Lipinski definition) is 1. The second kappa shape index (κ2) is 11.4. The summed E-state index contributed by atoms with van der Waals surface area (Å²) in [5.41, 5.74) is 5.35. The first-order valence-corrected chi connectivity index (χ1v) is 15.1. The van der Waals surface area contributed by atoms with Crippen molar-refractivity contribution in [3.63, 3.8) is 0 Å². The lowest BCUT2D eigenvalue weighted by molar-refractivity contribution is 0.0591. The lowest BCUT2D eigenvalue weighted by Crippen LogP contribution is -2.56. The van der Waals surface area contributed by atoms with E-state index in [0.717, 1.165) is 38.5 Å². The fourth-order valence-corrected chi connectivity index (χ4v) is 6.39. The molecule has 2 aromatic heterocycles. The van der Waals surface area contributed by atoms with Crippen LogP contribution in [0.1, 0.15) is 48.3 Å². The van der Waals surface area contributed by atoms with Crippen molar-refractivity contribution < 1.29 is 9.59 Å². The quantitative estimate of drug-likeness (QED) is 0.244. The first-order valence-electron chi connectivity index (χ1n) is 14.3. The number of benzene rings is 3. The molecular formula is C33H34N6O2S. The first-order chi connectivity index (χ1) is 20.3. The van der Waals surface area contributed by atoms with Gasteiger partial charge < -0.3 is 15.1 Å². The van der Waals surface area contributed by atoms with Crippen LogP contribution in [0.3, 0.4) is 0 Å². The van der Waals surface area contributed by atoms with Gasteiger partial charge in [0.2, 0.25) is 5.13 Å². The van der Waals surface area contributed by atoms with Gasteiger partial charge >= 0.3 is 6.03 Å². The monoisotopic (exact) mass is 578 g/mol. The lowest BCUT2D eigenvalue weighted by Gasteiger charge is -2.39. The van der Waals surface area contributed by atoms with E-state index < -0.39 is 0 Å². The molecule has 1 atom stereocenters. The summed E-state index contributed by atoms with van der Waals surface area (Å²) in [4.78, 5) is 35.6. The third-order valence-corrected chi connectivity index (χ3v) is 8.63. The number of amides is 3. The van der Waals surface area contributed by atoms with Crippen molar-refractivity contribution in [1.29, 1.82) is 0 Å². The molecule has 0 aliphatic carbocycles. The molecular weight excluding hydrogens is 544 g/mol. The van der Waals surface area contributed by atoms with Crippen molar-refractivity contribution in [2.24, 2.45) is 0 Å². The molecule has 3 aromatic carbocycles. The van der Waals surface area contributed by atoms with Gasteiger partial charge in [-0.15, -0.1) is 11.3 Å². The van der Waals surface area contributed by atoms with Crippen molar-refractivity contribution in [3.05, 3.63) is 95.1 Å². The molecule has 1 unspecified atom stereocenters. The van der Waals surface area contributed by atoms with E-state index in [-0.39, 0.29) is 23.9 Å². The number of anilines is 1. The molecule has 1 fully saturated rings. The number of hydrogen-bond acceptors (Lipinski definition) is 5. The fourth-order valence-electron chi connectivity index (χ4n) is 5.58. The van der Waals surface area contributed by atoms with Crippen LogP contribution in [0.2, 0.25) is 0 Å². The van der Waals surface area contributed by atoms with E-state index in [4.69, 9.17) is 4.98 Å². The summed E-state index contributed by atoms with van der Waals surface area (Å²) < 4.78 is 1.80. The van der Waals surface area contributed by atoms with Gasteiger partial charge in [0.05, 0.1) is 28.8 Å². The van der Waals surface area contributed by atoms with E-state index >= 15 is 0 Å². The zero-order valence-corrected chi connectivity index (χ0v) is 25.1. The highest BCUT2D eigenvalue weighted by Crippen LogP contribution is 2.30. The maximum absolute atomic E-state index is 13.8. The second-order valence-corrected chi connectivity index (χ2v) is 12.0. The second-order valence-electron chi connectivity index (χ2n) is 11.1. The number of fused-ring (bicyclic) bond motifs is 1. The highest BCUT2D eigenvalue weighted by atomic mass is 32.1. The number of aromatic nitrogens is 3. The fraction of sp³-hybridized carbons (Fsp3) is 0.273. The van der Waals surface area contributed by atoms with Crippen LogP contribution in [0.5, 0.6) is 0 Å². The van der Waals surface area contributed by atoms with Crippen LogP contribution in [0.4, 0.5) is 10.5 Å². The summed E-state index contributed by atoms with van der Waals surface area (Å²) in [5, 5.41) is 12.5. The number of aryl methyl sites for hydroxylation is 1. The minimum atomic E-state index is -0.158.